The molecule has 0 aliphatic carbocycles. The van der Waals surface area contributed by atoms with Gasteiger partial charge in [0.15, 0.2) is 0 Å². The first-order valence-electron chi connectivity index (χ1n) is 6.38. The monoisotopic (exact) mass is 274 g/mol. The third kappa shape index (κ3) is 3.86. The van der Waals surface area contributed by atoms with Gasteiger partial charge in [-0.1, -0.05) is 13.0 Å². The Morgan fingerprint density at radius 2 is 1.95 bits per heavy atom. The fourth-order valence-corrected chi connectivity index (χ4v) is 1.94. The molecule has 1 aromatic carbocycles. The highest BCUT2D eigenvalue weighted by molar-refractivity contribution is 5.56. The predicted octanol–water partition coefficient (Wildman–Crippen LogP) is 3.66. The Morgan fingerprint density at radius 1 is 1.32 bits per heavy atom. The molecule has 1 unspecified atom stereocenters. The van der Waals surface area contributed by atoms with Crippen LogP contribution < -0.4 is 10.2 Å². The zero-order valence-electron chi connectivity index (χ0n) is 11.8. The number of hydrogen-bond acceptors (Lipinski definition) is 2. The molecule has 5 heteroatoms. The Morgan fingerprint density at radius 3 is 2.42 bits per heavy atom. The fourth-order valence-electron chi connectivity index (χ4n) is 1.94. The van der Waals surface area contributed by atoms with E-state index in [0.29, 0.717) is 12.1 Å². The third-order valence-electron chi connectivity index (χ3n) is 3.38. The van der Waals surface area contributed by atoms with Crippen LogP contribution in [0.4, 0.5) is 18.9 Å². The van der Waals surface area contributed by atoms with E-state index in [-0.39, 0.29) is 11.7 Å². The van der Waals surface area contributed by atoms with E-state index in [1.54, 1.807) is 31.1 Å². The maximum atomic E-state index is 13.1. The summed E-state index contributed by atoms with van der Waals surface area (Å²) in [6.45, 7) is 4.31. The normalized spacial score (nSPS) is 13.4. The molecule has 1 aromatic rings. The van der Waals surface area contributed by atoms with Crippen LogP contribution in [0.2, 0.25) is 0 Å². The minimum atomic E-state index is -4.33. The molecule has 1 atom stereocenters. The van der Waals surface area contributed by atoms with Crippen molar-refractivity contribution in [1.82, 2.24) is 5.32 Å². The molecule has 0 radical (unpaired) electrons. The standard InChI is InChI=1S/C14H21F3N2/c1-5-10(2)19(4)13-7-6-11(9-18-3)8-12(13)14(15,16)17/h6-8,10,18H,5,9H2,1-4H3. The number of rotatable bonds is 5. The van der Waals surface area contributed by atoms with Crippen molar-refractivity contribution in [2.45, 2.75) is 39.0 Å². The molecular weight excluding hydrogens is 253 g/mol. The maximum Gasteiger partial charge on any atom is 0.418 e. The summed E-state index contributed by atoms with van der Waals surface area (Å²) in [4.78, 5) is 1.69. The maximum absolute atomic E-state index is 13.1. The molecule has 0 heterocycles. The first-order valence-corrected chi connectivity index (χ1v) is 6.38. The number of anilines is 1. The number of alkyl halides is 3. The van der Waals surface area contributed by atoms with Gasteiger partial charge in [-0.2, -0.15) is 13.2 Å². The number of benzene rings is 1. The summed E-state index contributed by atoms with van der Waals surface area (Å²) in [7, 11) is 3.42. The van der Waals surface area contributed by atoms with Crippen molar-refractivity contribution in [2.24, 2.45) is 0 Å². The van der Waals surface area contributed by atoms with Crippen LogP contribution in [-0.4, -0.2) is 20.1 Å². The van der Waals surface area contributed by atoms with E-state index in [2.05, 4.69) is 5.32 Å². The van der Waals surface area contributed by atoms with Crippen LogP contribution in [0.3, 0.4) is 0 Å². The number of halogens is 3. The highest BCUT2D eigenvalue weighted by Gasteiger charge is 2.35. The van der Waals surface area contributed by atoms with Gasteiger partial charge in [-0.25, -0.2) is 0 Å². The van der Waals surface area contributed by atoms with Crippen LogP contribution in [0.5, 0.6) is 0 Å². The van der Waals surface area contributed by atoms with E-state index in [1.807, 2.05) is 13.8 Å². The lowest BCUT2D eigenvalue weighted by Gasteiger charge is -2.29. The fraction of sp³-hybridized carbons (Fsp3) is 0.571. The van der Waals surface area contributed by atoms with Gasteiger partial charge in [0, 0.05) is 25.3 Å². The summed E-state index contributed by atoms with van der Waals surface area (Å²) >= 11 is 0. The molecule has 0 aliphatic rings. The largest absolute Gasteiger partial charge is 0.418 e. The van der Waals surface area contributed by atoms with Crippen LogP contribution in [0.15, 0.2) is 18.2 Å². The van der Waals surface area contributed by atoms with E-state index in [4.69, 9.17) is 0 Å². The minimum Gasteiger partial charge on any atom is -0.371 e. The van der Waals surface area contributed by atoms with Crippen molar-refractivity contribution in [3.05, 3.63) is 29.3 Å². The molecular formula is C14H21F3N2. The summed E-state index contributed by atoms with van der Waals surface area (Å²) in [6.07, 6.45) is -3.53. The topological polar surface area (TPSA) is 15.3 Å². The van der Waals surface area contributed by atoms with E-state index in [1.165, 1.54) is 6.07 Å². The Kier molecular flexibility index (Phi) is 5.23. The lowest BCUT2D eigenvalue weighted by atomic mass is 10.1. The molecule has 19 heavy (non-hydrogen) atoms. The molecule has 0 aromatic heterocycles. The number of nitrogens with one attached hydrogen (secondary N) is 1. The van der Waals surface area contributed by atoms with E-state index < -0.39 is 11.7 Å². The number of hydrogen-bond donors (Lipinski definition) is 1. The summed E-state index contributed by atoms with van der Waals surface area (Å²) < 4.78 is 39.4. The second-order valence-corrected chi connectivity index (χ2v) is 4.75. The number of nitrogens with zero attached hydrogens (tertiary/aromatic N) is 1. The Bertz CT molecular complexity index is 416. The van der Waals surface area contributed by atoms with Gasteiger partial charge in [0.25, 0.3) is 0 Å². The molecule has 1 N–H and O–H groups in total. The van der Waals surface area contributed by atoms with Crippen molar-refractivity contribution in [3.8, 4) is 0 Å². The van der Waals surface area contributed by atoms with Crippen LogP contribution in [0.25, 0.3) is 0 Å². The van der Waals surface area contributed by atoms with E-state index >= 15 is 0 Å². The van der Waals surface area contributed by atoms with Crippen molar-refractivity contribution in [1.29, 1.82) is 0 Å². The molecule has 0 saturated carbocycles. The van der Waals surface area contributed by atoms with Crippen molar-refractivity contribution >= 4 is 5.69 Å². The Balaban J connectivity index is 3.23. The van der Waals surface area contributed by atoms with E-state index in [0.717, 1.165) is 6.42 Å². The summed E-state index contributed by atoms with van der Waals surface area (Å²) in [5.41, 5.74) is 0.306. The first kappa shape index (κ1) is 15.8. The Labute approximate surface area is 112 Å². The highest BCUT2D eigenvalue weighted by Crippen LogP contribution is 2.37. The van der Waals surface area contributed by atoms with Gasteiger partial charge in [-0.05, 0) is 38.1 Å². The van der Waals surface area contributed by atoms with Gasteiger partial charge in [0.1, 0.15) is 0 Å². The minimum absolute atomic E-state index is 0.0660. The van der Waals surface area contributed by atoms with Gasteiger partial charge in [0.2, 0.25) is 0 Å². The van der Waals surface area contributed by atoms with Gasteiger partial charge >= 0.3 is 6.18 Å². The zero-order chi connectivity index (χ0) is 14.6. The molecule has 0 spiro atoms. The third-order valence-corrected chi connectivity index (χ3v) is 3.38. The zero-order valence-corrected chi connectivity index (χ0v) is 11.8. The molecule has 1 rings (SSSR count). The quantitative estimate of drug-likeness (QED) is 0.881. The molecule has 0 amide bonds. The molecule has 0 bridgehead atoms. The first-order chi connectivity index (χ1) is 8.81. The van der Waals surface area contributed by atoms with Gasteiger partial charge in [0.05, 0.1) is 5.56 Å². The predicted molar refractivity (Wildman–Crippen MR) is 72.4 cm³/mol. The average Bonchev–Trinajstić information content (AvgIpc) is 2.36. The van der Waals surface area contributed by atoms with Gasteiger partial charge in [-0.3, -0.25) is 0 Å². The molecule has 0 fully saturated rings. The van der Waals surface area contributed by atoms with Crippen LogP contribution in [0.1, 0.15) is 31.4 Å². The van der Waals surface area contributed by atoms with Gasteiger partial charge in [-0.15, -0.1) is 0 Å². The molecule has 2 nitrogen and oxygen atoms in total. The van der Waals surface area contributed by atoms with Crippen molar-refractivity contribution in [2.75, 3.05) is 19.0 Å². The van der Waals surface area contributed by atoms with Crippen LogP contribution in [0, 0.1) is 0 Å². The summed E-state index contributed by atoms with van der Waals surface area (Å²) in [5, 5.41) is 2.86. The second kappa shape index (κ2) is 6.28. The lowest BCUT2D eigenvalue weighted by molar-refractivity contribution is -0.137. The molecule has 0 aliphatic heterocycles. The second-order valence-electron chi connectivity index (χ2n) is 4.75. The van der Waals surface area contributed by atoms with Crippen LogP contribution >= 0.6 is 0 Å². The smallest absolute Gasteiger partial charge is 0.371 e. The highest BCUT2D eigenvalue weighted by atomic mass is 19.4. The van der Waals surface area contributed by atoms with Crippen molar-refractivity contribution in [3.63, 3.8) is 0 Å². The summed E-state index contributed by atoms with van der Waals surface area (Å²) in [5.74, 6) is 0. The summed E-state index contributed by atoms with van der Waals surface area (Å²) in [6, 6.07) is 4.59. The lowest BCUT2D eigenvalue weighted by Crippen LogP contribution is -2.30. The molecule has 108 valence electrons. The average molecular weight is 274 g/mol. The van der Waals surface area contributed by atoms with E-state index in [9.17, 15) is 13.2 Å². The molecule has 0 saturated heterocycles. The van der Waals surface area contributed by atoms with Crippen molar-refractivity contribution < 1.29 is 13.2 Å². The van der Waals surface area contributed by atoms with Crippen LogP contribution in [-0.2, 0) is 12.7 Å². The Hall–Kier alpha value is -1.23. The SMILES string of the molecule is CCC(C)N(C)c1ccc(CNC)cc1C(F)(F)F. The van der Waals surface area contributed by atoms with Gasteiger partial charge < -0.3 is 10.2 Å².